The average Bonchev–Trinajstić information content (AvgIpc) is 3.50. The number of ketones is 2. The van der Waals surface area contributed by atoms with Gasteiger partial charge in [-0.2, -0.15) is 0 Å². The Morgan fingerprint density at radius 2 is 0.935 bits per heavy atom. The van der Waals surface area contributed by atoms with Crippen molar-refractivity contribution in [2.24, 2.45) is 0 Å². The van der Waals surface area contributed by atoms with E-state index in [1.54, 1.807) is 0 Å². The maximum absolute atomic E-state index is 12.4. The van der Waals surface area contributed by atoms with Crippen LogP contribution in [0, 0.1) is 0 Å². The van der Waals surface area contributed by atoms with Crippen LogP contribution in [0.2, 0.25) is 0 Å². The number of aromatic nitrogens is 2. The van der Waals surface area contributed by atoms with Crippen molar-refractivity contribution in [3.63, 3.8) is 0 Å². The van der Waals surface area contributed by atoms with Crippen LogP contribution < -0.4 is 0 Å². The standard InChI is InChI=1S/C27H26N2O2/c30-26(24-18-16-22(28-24)20-10-4-1-5-11-20)14-8-3-9-15-27(31)25-19-17-23(29-25)21-12-6-2-7-13-21/h1-2,4-7,10-13,16-19,28-29H,3,8-9,14-15H2. The largest absolute Gasteiger partial charge is 0.352 e. The second kappa shape index (κ2) is 9.90. The number of nitrogens with one attached hydrogen (secondary N) is 2. The third-order valence-corrected chi connectivity index (χ3v) is 5.45. The summed E-state index contributed by atoms with van der Waals surface area (Å²) in [5.74, 6) is 0.232. The van der Waals surface area contributed by atoms with Crippen LogP contribution in [-0.4, -0.2) is 21.5 Å². The first-order valence-electron chi connectivity index (χ1n) is 10.8. The SMILES string of the molecule is O=C(CCCCCC(=O)c1ccc(-c2ccccc2)[nH]1)c1ccc(-c2ccccc2)[nH]1. The van der Waals surface area contributed by atoms with Crippen LogP contribution in [0.4, 0.5) is 0 Å². The summed E-state index contributed by atoms with van der Waals surface area (Å²) in [4.78, 5) is 31.3. The molecule has 0 saturated carbocycles. The number of carbonyl (C=O) groups excluding carboxylic acids is 2. The lowest BCUT2D eigenvalue weighted by Crippen LogP contribution is -2.01. The second-order valence-electron chi connectivity index (χ2n) is 7.71. The number of rotatable bonds is 10. The van der Waals surface area contributed by atoms with Crippen LogP contribution in [0.5, 0.6) is 0 Å². The highest BCUT2D eigenvalue weighted by molar-refractivity contribution is 5.95. The second-order valence-corrected chi connectivity index (χ2v) is 7.71. The Hall–Kier alpha value is -3.66. The predicted molar refractivity (Wildman–Crippen MR) is 124 cm³/mol. The van der Waals surface area contributed by atoms with Crippen molar-refractivity contribution in [2.75, 3.05) is 0 Å². The maximum Gasteiger partial charge on any atom is 0.179 e. The van der Waals surface area contributed by atoms with Crippen LogP contribution in [0.15, 0.2) is 84.9 Å². The van der Waals surface area contributed by atoms with Gasteiger partial charge in [0, 0.05) is 24.2 Å². The van der Waals surface area contributed by atoms with Crippen LogP contribution in [-0.2, 0) is 0 Å². The van der Waals surface area contributed by atoms with Gasteiger partial charge in [-0.25, -0.2) is 0 Å². The molecular formula is C27H26N2O2. The molecule has 156 valence electrons. The van der Waals surface area contributed by atoms with Crippen molar-refractivity contribution in [1.29, 1.82) is 0 Å². The molecule has 2 N–H and O–H groups in total. The smallest absolute Gasteiger partial charge is 0.179 e. The highest BCUT2D eigenvalue weighted by atomic mass is 16.1. The van der Waals surface area contributed by atoms with Crippen LogP contribution in [0.3, 0.4) is 0 Å². The lowest BCUT2D eigenvalue weighted by atomic mass is 10.1. The van der Waals surface area contributed by atoms with Crippen molar-refractivity contribution in [3.05, 3.63) is 96.3 Å². The molecule has 0 aliphatic heterocycles. The molecule has 0 atom stereocenters. The van der Waals surface area contributed by atoms with Gasteiger partial charge in [0.2, 0.25) is 0 Å². The minimum absolute atomic E-state index is 0.116. The zero-order valence-corrected chi connectivity index (χ0v) is 17.4. The molecule has 31 heavy (non-hydrogen) atoms. The first-order valence-corrected chi connectivity index (χ1v) is 10.8. The van der Waals surface area contributed by atoms with Crippen molar-refractivity contribution in [2.45, 2.75) is 32.1 Å². The predicted octanol–water partition coefficient (Wildman–Crippen LogP) is 6.69. The van der Waals surface area contributed by atoms with E-state index >= 15 is 0 Å². The Morgan fingerprint density at radius 1 is 0.516 bits per heavy atom. The molecule has 2 heterocycles. The maximum atomic E-state index is 12.4. The van der Waals surface area contributed by atoms with Crippen LogP contribution in [0.25, 0.3) is 22.5 Å². The van der Waals surface area contributed by atoms with E-state index < -0.39 is 0 Å². The van der Waals surface area contributed by atoms with Crippen molar-refractivity contribution >= 4 is 11.6 Å². The van der Waals surface area contributed by atoms with E-state index in [9.17, 15) is 9.59 Å². The first-order chi connectivity index (χ1) is 15.2. The van der Waals surface area contributed by atoms with Gasteiger partial charge in [0.1, 0.15) is 0 Å². The number of H-pyrrole nitrogens is 2. The summed E-state index contributed by atoms with van der Waals surface area (Å²) in [6.45, 7) is 0. The molecular weight excluding hydrogens is 384 g/mol. The molecule has 0 amide bonds. The van der Waals surface area contributed by atoms with E-state index in [2.05, 4.69) is 9.97 Å². The fraction of sp³-hybridized carbons (Fsp3) is 0.185. The summed E-state index contributed by atoms with van der Waals surface area (Å²) in [6.07, 6.45) is 3.40. The Kier molecular flexibility index (Phi) is 6.58. The average molecular weight is 411 g/mol. The van der Waals surface area contributed by atoms with Gasteiger partial charge in [-0.05, 0) is 48.2 Å². The van der Waals surface area contributed by atoms with Gasteiger partial charge in [0.05, 0.1) is 11.4 Å². The number of Topliss-reactive ketones (excluding diaryl/α,β-unsaturated/α-hetero) is 2. The fourth-order valence-electron chi connectivity index (χ4n) is 3.70. The third kappa shape index (κ3) is 5.28. The highest BCUT2D eigenvalue weighted by Gasteiger charge is 2.11. The van der Waals surface area contributed by atoms with Crippen LogP contribution >= 0.6 is 0 Å². The van der Waals surface area contributed by atoms with Gasteiger partial charge < -0.3 is 9.97 Å². The number of carbonyl (C=O) groups is 2. The number of aromatic amines is 2. The lowest BCUT2D eigenvalue weighted by Gasteiger charge is -2.02. The summed E-state index contributed by atoms with van der Waals surface area (Å²) in [6, 6.07) is 27.5. The van der Waals surface area contributed by atoms with E-state index in [4.69, 9.17) is 0 Å². The summed E-state index contributed by atoms with van der Waals surface area (Å²) in [5.41, 5.74) is 5.34. The molecule has 0 fully saturated rings. The summed E-state index contributed by atoms with van der Waals surface area (Å²) in [7, 11) is 0. The number of unbranched alkanes of at least 4 members (excludes halogenated alkanes) is 2. The van der Waals surface area contributed by atoms with Gasteiger partial charge in [-0.3, -0.25) is 9.59 Å². The Bertz CT molecular complexity index is 1050. The van der Waals surface area contributed by atoms with E-state index in [0.717, 1.165) is 41.8 Å². The molecule has 0 aliphatic carbocycles. The minimum Gasteiger partial charge on any atom is -0.352 e. The zero-order chi connectivity index (χ0) is 21.5. The van der Waals surface area contributed by atoms with E-state index in [0.29, 0.717) is 24.2 Å². The van der Waals surface area contributed by atoms with Crippen LogP contribution in [0.1, 0.15) is 53.1 Å². The molecule has 0 saturated heterocycles. The summed E-state index contributed by atoms with van der Waals surface area (Å²) >= 11 is 0. The molecule has 0 radical (unpaired) electrons. The number of hydrogen-bond acceptors (Lipinski definition) is 2. The zero-order valence-electron chi connectivity index (χ0n) is 17.4. The lowest BCUT2D eigenvalue weighted by molar-refractivity contribution is 0.0974. The summed E-state index contributed by atoms with van der Waals surface area (Å²) < 4.78 is 0. The quantitative estimate of drug-likeness (QED) is 0.226. The van der Waals surface area contributed by atoms with Gasteiger partial charge in [0.25, 0.3) is 0 Å². The number of hydrogen-bond donors (Lipinski definition) is 2. The molecule has 4 nitrogen and oxygen atoms in total. The monoisotopic (exact) mass is 410 g/mol. The molecule has 4 aromatic rings. The Morgan fingerprint density at radius 3 is 1.35 bits per heavy atom. The van der Waals surface area contributed by atoms with E-state index in [1.165, 1.54) is 0 Å². The highest BCUT2D eigenvalue weighted by Crippen LogP contribution is 2.21. The molecule has 0 unspecified atom stereocenters. The first kappa shape index (κ1) is 20.6. The minimum atomic E-state index is 0.116. The van der Waals surface area contributed by atoms with Gasteiger partial charge in [-0.1, -0.05) is 67.1 Å². The third-order valence-electron chi connectivity index (χ3n) is 5.45. The number of benzene rings is 2. The van der Waals surface area contributed by atoms with Gasteiger partial charge in [-0.15, -0.1) is 0 Å². The van der Waals surface area contributed by atoms with Gasteiger partial charge >= 0.3 is 0 Å². The van der Waals surface area contributed by atoms with Crippen molar-refractivity contribution < 1.29 is 9.59 Å². The Balaban J connectivity index is 1.20. The van der Waals surface area contributed by atoms with Crippen molar-refractivity contribution in [1.82, 2.24) is 9.97 Å². The van der Waals surface area contributed by atoms with E-state index in [1.807, 2.05) is 84.9 Å². The topological polar surface area (TPSA) is 65.7 Å². The van der Waals surface area contributed by atoms with E-state index in [-0.39, 0.29) is 11.6 Å². The molecule has 0 aliphatic rings. The normalized spacial score (nSPS) is 10.8. The fourth-order valence-corrected chi connectivity index (χ4v) is 3.70. The molecule has 4 rings (SSSR count). The van der Waals surface area contributed by atoms with Crippen molar-refractivity contribution in [3.8, 4) is 22.5 Å². The molecule has 2 aromatic carbocycles. The summed E-state index contributed by atoms with van der Waals surface area (Å²) in [5, 5.41) is 0. The molecule has 4 heteroatoms. The Labute approximate surface area is 182 Å². The molecule has 0 bridgehead atoms. The molecule has 2 aromatic heterocycles. The van der Waals surface area contributed by atoms with Gasteiger partial charge in [0.15, 0.2) is 11.6 Å². The molecule has 0 spiro atoms.